The van der Waals surface area contributed by atoms with Crippen LogP contribution in [0.4, 0.5) is 4.79 Å². The Morgan fingerprint density at radius 2 is 1.46 bits per heavy atom. The minimum absolute atomic E-state index is 0.0348. The van der Waals surface area contributed by atoms with Gasteiger partial charge in [0, 0.05) is 50.1 Å². The second-order valence-electron chi connectivity index (χ2n) is 19.0. The van der Waals surface area contributed by atoms with E-state index in [1.807, 2.05) is 0 Å². The van der Waals surface area contributed by atoms with Crippen molar-refractivity contribution in [3.8, 4) is 0 Å². The van der Waals surface area contributed by atoms with Crippen molar-refractivity contribution in [1.82, 2.24) is 14.9 Å². The number of carbonyl (C=O) groups is 7. The first kappa shape index (κ1) is 48.5. The molecule has 1 aromatic heterocycles. The zero-order valence-electron chi connectivity index (χ0n) is 39.3. The number of hydrogen-bond donors (Lipinski definition) is 2. The maximum absolute atomic E-state index is 16.1. The Balaban J connectivity index is 1.31. The summed E-state index contributed by atoms with van der Waals surface area (Å²) in [5, 5.41) is 17.0. The van der Waals surface area contributed by atoms with Crippen LogP contribution in [0.5, 0.6) is 0 Å². The summed E-state index contributed by atoms with van der Waals surface area (Å²) in [7, 11) is 0. The molecule has 4 aromatic rings. The number of benzene rings is 3. The van der Waals surface area contributed by atoms with Crippen molar-refractivity contribution >= 4 is 41.7 Å². The van der Waals surface area contributed by atoms with Crippen molar-refractivity contribution in [2.75, 3.05) is 6.61 Å². The van der Waals surface area contributed by atoms with Gasteiger partial charge < -0.3 is 38.8 Å². The van der Waals surface area contributed by atoms with Crippen LogP contribution >= 0.6 is 0 Å². The van der Waals surface area contributed by atoms with E-state index in [9.17, 15) is 33.9 Å². The van der Waals surface area contributed by atoms with Crippen LogP contribution in [0.3, 0.4) is 0 Å². The van der Waals surface area contributed by atoms with Gasteiger partial charge in [-0.05, 0) is 61.7 Å². The third kappa shape index (κ3) is 8.41. The predicted octanol–water partition coefficient (Wildman–Crippen LogP) is 5.90. The van der Waals surface area contributed by atoms with Gasteiger partial charge in [0.15, 0.2) is 17.5 Å². The SMILES string of the molecule is CC(=O)O[C@H]1C(=O)[C@]2(C)C(OC(=O)n3ccnc3)C[C@H]3OC[C@@]3(OC(C)=O)C2C(OC(=O)c2ccccc2)[C@]2(O)C[C@H](OC(=O)[C@H](C)[C@@H](NC(=O)c3ccccc3)c3ccccc3)C(C)=C1C2(C)C. The molecule has 0 spiro atoms. The number of fused-ring (bicyclic) bond motifs is 5. The van der Waals surface area contributed by atoms with Gasteiger partial charge in [0.05, 0.1) is 35.5 Å². The fourth-order valence-electron chi connectivity index (χ4n) is 11.1. The topological polar surface area (TPSA) is 225 Å². The number of nitrogens with one attached hydrogen (secondary N) is 1. The maximum atomic E-state index is 16.1. The molecule has 3 unspecified atom stereocenters. The van der Waals surface area contributed by atoms with Crippen molar-refractivity contribution in [3.63, 3.8) is 0 Å². The summed E-state index contributed by atoms with van der Waals surface area (Å²) >= 11 is 0. The lowest BCUT2D eigenvalue weighted by atomic mass is 9.44. The van der Waals surface area contributed by atoms with Crippen LogP contribution in [0.2, 0.25) is 0 Å². The highest BCUT2D eigenvalue weighted by molar-refractivity contribution is 5.96. The van der Waals surface area contributed by atoms with E-state index in [1.165, 1.54) is 37.8 Å². The van der Waals surface area contributed by atoms with Crippen LogP contribution in [-0.2, 0) is 47.6 Å². The molecule has 69 heavy (non-hydrogen) atoms. The molecular formula is C52H55N3O14. The first-order valence-electron chi connectivity index (χ1n) is 22.8. The van der Waals surface area contributed by atoms with Crippen molar-refractivity contribution in [1.29, 1.82) is 0 Å². The second kappa shape index (κ2) is 18.5. The van der Waals surface area contributed by atoms with Crippen LogP contribution in [0.15, 0.2) is 121 Å². The van der Waals surface area contributed by atoms with E-state index in [2.05, 4.69) is 10.3 Å². The molecule has 8 rings (SSSR count). The molecule has 17 nitrogen and oxygen atoms in total. The Bertz CT molecular complexity index is 2670. The molecule has 3 aromatic carbocycles. The zero-order chi connectivity index (χ0) is 49.6. The van der Waals surface area contributed by atoms with Crippen LogP contribution in [-0.4, -0.2) is 105 Å². The number of ketones is 1. The van der Waals surface area contributed by atoms with Gasteiger partial charge in [-0.3, -0.25) is 24.0 Å². The van der Waals surface area contributed by atoms with Crippen molar-refractivity contribution in [2.24, 2.45) is 22.7 Å². The van der Waals surface area contributed by atoms with Gasteiger partial charge in [0.2, 0.25) is 0 Å². The minimum atomic E-state index is -2.39. The molecule has 1 saturated heterocycles. The van der Waals surface area contributed by atoms with Crippen LogP contribution in [0.25, 0.3) is 0 Å². The summed E-state index contributed by atoms with van der Waals surface area (Å²) in [5.41, 5.74) is -6.72. The molecular weight excluding hydrogens is 891 g/mol. The Hall–Kier alpha value is -6.98. The van der Waals surface area contributed by atoms with Crippen molar-refractivity contribution in [2.45, 2.75) is 109 Å². The lowest BCUT2D eigenvalue weighted by molar-refractivity contribution is -0.345. The van der Waals surface area contributed by atoms with Crippen LogP contribution in [0, 0.1) is 22.7 Å². The molecule has 1 amide bonds. The van der Waals surface area contributed by atoms with Gasteiger partial charge in [0.25, 0.3) is 5.91 Å². The second-order valence-corrected chi connectivity index (χ2v) is 19.0. The van der Waals surface area contributed by atoms with Gasteiger partial charge in [0.1, 0.15) is 36.3 Å². The average Bonchev–Trinajstić information content (AvgIpc) is 3.87. The standard InChI is InChI=1S/C52H55N3O14/c1-29-36(66-46(60)30(2)40(33-17-11-8-12-18-33)54-45(59)34-19-13-9-14-20-34)26-52(63)44(68-47(61)35-21-15-10-16-22-35)42-50(7,43(58)41(65-31(3)56)39(29)49(52,5)6)37(67-48(62)55-24-23-53-28-55)25-38-51(42,27-64-38)69-32(4)57/h8-24,28,30,36-38,40-42,44,63H,25-27H2,1-7H3,(H,54,59)/t30-,36+,37?,38-,40-,41-,42?,44?,50-,51+,52-/m1/s1. The third-order valence-electron chi connectivity index (χ3n) is 14.7. The monoisotopic (exact) mass is 945 g/mol. The maximum Gasteiger partial charge on any atom is 0.419 e. The number of nitrogens with zero attached hydrogens (tertiary/aromatic N) is 2. The molecule has 2 heterocycles. The number of amides is 1. The van der Waals surface area contributed by atoms with E-state index in [0.29, 0.717) is 11.1 Å². The molecule has 3 fully saturated rings. The summed E-state index contributed by atoms with van der Waals surface area (Å²) in [5.74, 6) is -7.40. The molecule has 2 bridgehead atoms. The molecule has 3 aliphatic carbocycles. The Morgan fingerprint density at radius 1 is 0.841 bits per heavy atom. The highest BCUT2D eigenvalue weighted by atomic mass is 16.6. The Kier molecular flexibility index (Phi) is 13.0. The first-order valence-corrected chi connectivity index (χ1v) is 22.8. The average molecular weight is 946 g/mol. The Morgan fingerprint density at radius 3 is 2.03 bits per heavy atom. The van der Waals surface area contributed by atoms with Gasteiger partial charge in [-0.25, -0.2) is 19.1 Å². The summed E-state index contributed by atoms with van der Waals surface area (Å²) in [6, 6.07) is 24.3. The van der Waals surface area contributed by atoms with Crippen molar-refractivity contribution < 1.29 is 67.1 Å². The molecule has 4 aliphatic rings. The van der Waals surface area contributed by atoms with Gasteiger partial charge in [-0.1, -0.05) is 80.6 Å². The van der Waals surface area contributed by atoms with Gasteiger partial charge in [-0.2, -0.15) is 0 Å². The van der Waals surface area contributed by atoms with E-state index < -0.39 is 119 Å². The molecule has 2 N–H and O–H groups in total. The molecule has 2 saturated carbocycles. The fraction of sp³-hybridized carbons (Fsp3) is 0.423. The molecule has 11 atom stereocenters. The smallest absolute Gasteiger partial charge is 0.419 e. The summed E-state index contributed by atoms with van der Waals surface area (Å²) in [6.07, 6.45) is -5.39. The fourth-order valence-corrected chi connectivity index (χ4v) is 11.1. The largest absolute Gasteiger partial charge is 0.457 e. The van der Waals surface area contributed by atoms with E-state index in [0.717, 1.165) is 18.4 Å². The summed E-state index contributed by atoms with van der Waals surface area (Å²) < 4.78 is 38.6. The van der Waals surface area contributed by atoms with Gasteiger partial charge >= 0.3 is 30.0 Å². The van der Waals surface area contributed by atoms with Gasteiger partial charge in [-0.15, -0.1) is 0 Å². The summed E-state index contributed by atoms with van der Waals surface area (Å²) in [4.78, 5) is 104. The predicted molar refractivity (Wildman–Crippen MR) is 243 cm³/mol. The highest BCUT2D eigenvalue weighted by Gasteiger charge is 2.79. The number of imidazole rings is 1. The van der Waals surface area contributed by atoms with E-state index >= 15 is 4.79 Å². The number of Topliss-reactive ketones (excluding diaryl/α,β-unsaturated/α-hetero) is 1. The lowest BCUT2D eigenvalue weighted by Crippen LogP contribution is -2.82. The third-order valence-corrected chi connectivity index (χ3v) is 14.7. The molecule has 0 radical (unpaired) electrons. The lowest BCUT2D eigenvalue weighted by Gasteiger charge is -2.67. The van der Waals surface area contributed by atoms with E-state index in [4.69, 9.17) is 28.4 Å². The van der Waals surface area contributed by atoms with Crippen LogP contribution in [0.1, 0.15) is 93.6 Å². The number of aromatic nitrogens is 2. The first-order chi connectivity index (χ1) is 32.7. The van der Waals surface area contributed by atoms with E-state index in [1.54, 1.807) is 107 Å². The number of ether oxygens (including phenoxy) is 6. The number of carbonyl (C=O) groups excluding carboxylic acids is 7. The molecule has 1 aliphatic heterocycles. The quantitative estimate of drug-likeness (QED) is 0.101. The number of esters is 4. The number of aliphatic hydroxyl groups is 1. The molecule has 17 heteroatoms. The number of rotatable bonds is 11. The highest BCUT2D eigenvalue weighted by Crippen LogP contribution is 2.65. The Labute approximate surface area is 398 Å². The minimum Gasteiger partial charge on any atom is -0.457 e. The number of hydrogen-bond acceptors (Lipinski definition) is 15. The van der Waals surface area contributed by atoms with E-state index in [-0.39, 0.29) is 29.7 Å². The normalized spacial score (nSPS) is 29.7. The molecule has 362 valence electrons. The zero-order valence-corrected chi connectivity index (χ0v) is 39.3. The summed E-state index contributed by atoms with van der Waals surface area (Å²) in [6.45, 7) is 9.75. The van der Waals surface area contributed by atoms with Crippen molar-refractivity contribution in [3.05, 3.63) is 138 Å². The van der Waals surface area contributed by atoms with Crippen LogP contribution < -0.4 is 5.32 Å².